The molecule has 0 fully saturated rings. The normalized spacial score (nSPS) is 12.4. The van der Waals surface area contributed by atoms with Crippen LogP contribution in [0, 0.1) is 6.92 Å². The topological polar surface area (TPSA) is 12.0 Å². The molecular formula is C17H20ClN. The van der Waals surface area contributed by atoms with E-state index in [1.165, 1.54) is 11.1 Å². The minimum atomic E-state index is 0.208. The Morgan fingerprint density at radius 3 is 2.47 bits per heavy atom. The highest BCUT2D eigenvalue weighted by atomic mass is 35.5. The van der Waals surface area contributed by atoms with Gasteiger partial charge in [-0.3, -0.25) is 0 Å². The Morgan fingerprint density at radius 1 is 1.05 bits per heavy atom. The van der Waals surface area contributed by atoms with Gasteiger partial charge in [0.2, 0.25) is 0 Å². The zero-order valence-electron chi connectivity index (χ0n) is 11.5. The summed E-state index contributed by atoms with van der Waals surface area (Å²) in [5, 5.41) is 4.44. The van der Waals surface area contributed by atoms with E-state index in [0.717, 1.165) is 23.6 Å². The minimum absolute atomic E-state index is 0.208. The number of rotatable bonds is 5. The first-order chi connectivity index (χ1) is 9.24. The molecule has 0 saturated heterocycles. The molecule has 2 aromatic carbocycles. The van der Waals surface area contributed by atoms with Crippen molar-refractivity contribution in [1.82, 2.24) is 5.32 Å². The summed E-state index contributed by atoms with van der Waals surface area (Å²) < 4.78 is 0. The molecule has 0 aliphatic heterocycles. The molecule has 2 aromatic rings. The number of hydrogen-bond acceptors (Lipinski definition) is 1. The maximum atomic E-state index is 6.25. The molecule has 0 aliphatic carbocycles. The van der Waals surface area contributed by atoms with E-state index < -0.39 is 0 Å². The maximum Gasteiger partial charge on any atom is 0.0579 e. The van der Waals surface area contributed by atoms with Crippen molar-refractivity contribution in [2.24, 2.45) is 0 Å². The van der Waals surface area contributed by atoms with Crippen LogP contribution in [0.15, 0.2) is 48.5 Å². The van der Waals surface area contributed by atoms with Crippen molar-refractivity contribution in [3.63, 3.8) is 0 Å². The Hall–Kier alpha value is -1.31. The van der Waals surface area contributed by atoms with Gasteiger partial charge in [-0.15, -0.1) is 0 Å². The Balaban J connectivity index is 2.40. The quantitative estimate of drug-likeness (QED) is 0.830. The fourth-order valence-electron chi connectivity index (χ4n) is 2.28. The van der Waals surface area contributed by atoms with E-state index in [0.29, 0.717) is 0 Å². The summed E-state index contributed by atoms with van der Waals surface area (Å²) in [5.41, 5.74) is 3.69. The van der Waals surface area contributed by atoms with E-state index in [4.69, 9.17) is 11.6 Å². The molecule has 0 heterocycles. The lowest BCUT2D eigenvalue weighted by atomic mass is 9.95. The predicted molar refractivity (Wildman–Crippen MR) is 82.8 cm³/mol. The van der Waals surface area contributed by atoms with E-state index in [9.17, 15) is 0 Å². The van der Waals surface area contributed by atoms with Gasteiger partial charge in [-0.05, 0) is 42.6 Å². The molecule has 0 aromatic heterocycles. The highest BCUT2D eigenvalue weighted by molar-refractivity contribution is 6.31. The average Bonchev–Trinajstić information content (AvgIpc) is 2.45. The fourth-order valence-corrected chi connectivity index (χ4v) is 2.46. The smallest absolute Gasteiger partial charge is 0.0579 e. The van der Waals surface area contributed by atoms with Crippen molar-refractivity contribution in [2.75, 3.05) is 6.54 Å². The monoisotopic (exact) mass is 273 g/mol. The zero-order valence-corrected chi connectivity index (χ0v) is 12.2. The van der Waals surface area contributed by atoms with E-state index in [1.807, 2.05) is 18.2 Å². The SMILES string of the molecule is CCCNC(c1ccccc1)c1cccc(Cl)c1C. The number of nitrogens with one attached hydrogen (secondary N) is 1. The van der Waals surface area contributed by atoms with Crippen molar-refractivity contribution in [3.8, 4) is 0 Å². The van der Waals surface area contributed by atoms with Crippen LogP contribution in [-0.4, -0.2) is 6.54 Å². The number of benzene rings is 2. The van der Waals surface area contributed by atoms with Gasteiger partial charge in [0.15, 0.2) is 0 Å². The Bertz CT molecular complexity index is 522. The molecule has 100 valence electrons. The van der Waals surface area contributed by atoms with Crippen LogP contribution in [0.2, 0.25) is 5.02 Å². The molecule has 0 bridgehead atoms. The lowest BCUT2D eigenvalue weighted by molar-refractivity contribution is 0.596. The van der Waals surface area contributed by atoms with Crippen LogP contribution in [0.4, 0.5) is 0 Å². The van der Waals surface area contributed by atoms with Crippen molar-refractivity contribution >= 4 is 11.6 Å². The summed E-state index contributed by atoms with van der Waals surface area (Å²) in [6.07, 6.45) is 1.11. The molecule has 2 rings (SSSR count). The second-order valence-electron chi connectivity index (χ2n) is 4.75. The molecule has 0 spiro atoms. The van der Waals surface area contributed by atoms with Crippen LogP contribution in [0.25, 0.3) is 0 Å². The summed E-state index contributed by atoms with van der Waals surface area (Å²) in [6.45, 7) is 5.26. The lowest BCUT2D eigenvalue weighted by Gasteiger charge is -2.22. The third-order valence-corrected chi connectivity index (χ3v) is 3.76. The van der Waals surface area contributed by atoms with Crippen LogP contribution < -0.4 is 5.32 Å². The van der Waals surface area contributed by atoms with E-state index >= 15 is 0 Å². The van der Waals surface area contributed by atoms with Crippen LogP contribution in [0.5, 0.6) is 0 Å². The first kappa shape index (κ1) is 14.1. The highest BCUT2D eigenvalue weighted by Gasteiger charge is 2.16. The van der Waals surface area contributed by atoms with E-state index in [1.54, 1.807) is 0 Å². The van der Waals surface area contributed by atoms with Gasteiger partial charge in [0.05, 0.1) is 6.04 Å². The van der Waals surface area contributed by atoms with Gasteiger partial charge in [0, 0.05) is 5.02 Å². The molecular weight excluding hydrogens is 254 g/mol. The fraction of sp³-hybridized carbons (Fsp3) is 0.294. The van der Waals surface area contributed by atoms with Crippen molar-refractivity contribution in [3.05, 3.63) is 70.2 Å². The van der Waals surface area contributed by atoms with E-state index in [2.05, 4.69) is 49.5 Å². The molecule has 0 saturated carbocycles. The van der Waals surface area contributed by atoms with Gasteiger partial charge in [0.25, 0.3) is 0 Å². The Morgan fingerprint density at radius 2 is 1.79 bits per heavy atom. The van der Waals surface area contributed by atoms with Crippen LogP contribution in [0.3, 0.4) is 0 Å². The minimum Gasteiger partial charge on any atom is -0.306 e. The molecule has 2 heteroatoms. The molecule has 1 atom stereocenters. The standard InChI is InChI=1S/C17H20ClN/c1-3-12-19-17(14-8-5-4-6-9-14)15-10-7-11-16(18)13(15)2/h4-11,17,19H,3,12H2,1-2H3. The summed E-state index contributed by atoms with van der Waals surface area (Å²) in [7, 11) is 0. The molecule has 19 heavy (non-hydrogen) atoms. The Labute approximate surface area is 120 Å². The number of hydrogen-bond donors (Lipinski definition) is 1. The average molecular weight is 274 g/mol. The van der Waals surface area contributed by atoms with Crippen molar-refractivity contribution in [2.45, 2.75) is 26.3 Å². The van der Waals surface area contributed by atoms with Gasteiger partial charge in [-0.2, -0.15) is 0 Å². The Kier molecular flexibility index (Phi) is 5.00. The highest BCUT2D eigenvalue weighted by Crippen LogP contribution is 2.28. The van der Waals surface area contributed by atoms with Crippen molar-refractivity contribution < 1.29 is 0 Å². The van der Waals surface area contributed by atoms with Crippen LogP contribution in [0.1, 0.15) is 36.1 Å². The second kappa shape index (κ2) is 6.74. The maximum absolute atomic E-state index is 6.25. The first-order valence-electron chi connectivity index (χ1n) is 6.77. The lowest BCUT2D eigenvalue weighted by Crippen LogP contribution is -2.23. The van der Waals surface area contributed by atoms with E-state index in [-0.39, 0.29) is 6.04 Å². The van der Waals surface area contributed by atoms with Gasteiger partial charge >= 0.3 is 0 Å². The van der Waals surface area contributed by atoms with Crippen LogP contribution >= 0.6 is 11.6 Å². The molecule has 1 nitrogen and oxygen atoms in total. The molecule has 1 N–H and O–H groups in total. The first-order valence-corrected chi connectivity index (χ1v) is 7.15. The zero-order chi connectivity index (χ0) is 13.7. The van der Waals surface area contributed by atoms with Crippen molar-refractivity contribution in [1.29, 1.82) is 0 Å². The summed E-state index contributed by atoms with van der Waals surface area (Å²) in [4.78, 5) is 0. The summed E-state index contributed by atoms with van der Waals surface area (Å²) >= 11 is 6.25. The second-order valence-corrected chi connectivity index (χ2v) is 5.16. The molecule has 0 radical (unpaired) electrons. The molecule has 0 amide bonds. The predicted octanol–water partition coefficient (Wildman–Crippen LogP) is 4.74. The molecule has 1 unspecified atom stereocenters. The number of halogens is 1. The van der Waals surface area contributed by atoms with Crippen LogP contribution in [-0.2, 0) is 0 Å². The van der Waals surface area contributed by atoms with Gasteiger partial charge in [-0.1, -0.05) is 61.0 Å². The van der Waals surface area contributed by atoms with Gasteiger partial charge in [-0.25, -0.2) is 0 Å². The molecule has 0 aliphatic rings. The summed E-state index contributed by atoms with van der Waals surface area (Å²) in [5.74, 6) is 0. The summed E-state index contributed by atoms with van der Waals surface area (Å²) in [6, 6.07) is 16.9. The third-order valence-electron chi connectivity index (χ3n) is 3.35. The van der Waals surface area contributed by atoms with Gasteiger partial charge in [0.1, 0.15) is 0 Å². The third kappa shape index (κ3) is 3.37. The largest absolute Gasteiger partial charge is 0.306 e. The van der Waals surface area contributed by atoms with Gasteiger partial charge < -0.3 is 5.32 Å².